The quantitative estimate of drug-likeness (QED) is 0.514. The lowest BCUT2D eigenvalue weighted by molar-refractivity contribution is 0.414. The first kappa shape index (κ1) is 17.8. The molecule has 0 aliphatic rings. The zero-order valence-corrected chi connectivity index (χ0v) is 15.4. The summed E-state index contributed by atoms with van der Waals surface area (Å²) in [5.41, 5.74) is 13.9. The number of guanidine groups is 1. The molecule has 0 fully saturated rings. The molecule has 0 saturated carbocycles. The summed E-state index contributed by atoms with van der Waals surface area (Å²) in [5.74, 6) is 1.66. The van der Waals surface area contributed by atoms with E-state index < -0.39 is 0 Å². The molecular weight excluding hydrogens is 348 g/mol. The maximum absolute atomic E-state index is 5.45. The number of aliphatic imine (C=N–C) groups is 1. The summed E-state index contributed by atoms with van der Waals surface area (Å²) in [6, 6.07) is 15.7. The molecule has 0 spiro atoms. The Balaban J connectivity index is 2.05. The minimum absolute atomic E-state index is 0.0530. The molecule has 4 N–H and O–H groups in total. The van der Waals surface area contributed by atoms with Gasteiger partial charge in [0, 0.05) is 5.56 Å². The second kappa shape index (κ2) is 7.88. The van der Waals surface area contributed by atoms with Gasteiger partial charge in [-0.2, -0.15) is 0 Å². The van der Waals surface area contributed by atoms with Crippen LogP contribution in [0.1, 0.15) is 5.01 Å². The van der Waals surface area contributed by atoms with E-state index in [0.717, 1.165) is 38.2 Å². The van der Waals surface area contributed by atoms with E-state index in [2.05, 4.69) is 4.99 Å². The van der Waals surface area contributed by atoms with Gasteiger partial charge in [0.15, 0.2) is 5.96 Å². The van der Waals surface area contributed by atoms with Crippen molar-refractivity contribution in [2.24, 2.45) is 16.5 Å². The van der Waals surface area contributed by atoms with Gasteiger partial charge in [-0.25, -0.2) is 9.98 Å². The maximum Gasteiger partial charge on any atom is 0.186 e. The molecule has 3 rings (SSSR count). The second-order valence-electron chi connectivity index (χ2n) is 5.48. The van der Waals surface area contributed by atoms with Crippen LogP contribution in [0.15, 0.2) is 53.5 Å². The first-order chi connectivity index (χ1) is 12.6. The fraction of sp³-hybridized carbons (Fsp3) is 0.158. The number of ether oxygens (including phenoxy) is 2. The average Bonchev–Trinajstić information content (AvgIpc) is 3.11. The van der Waals surface area contributed by atoms with Gasteiger partial charge in [0.05, 0.1) is 31.3 Å². The van der Waals surface area contributed by atoms with Gasteiger partial charge in [-0.05, 0) is 54.1 Å². The molecule has 134 valence electrons. The van der Waals surface area contributed by atoms with Gasteiger partial charge in [-0.3, -0.25) is 0 Å². The van der Waals surface area contributed by atoms with Crippen LogP contribution in [-0.2, 0) is 6.54 Å². The van der Waals surface area contributed by atoms with Crippen molar-refractivity contribution in [3.63, 3.8) is 0 Å². The van der Waals surface area contributed by atoms with Gasteiger partial charge < -0.3 is 20.9 Å². The van der Waals surface area contributed by atoms with Gasteiger partial charge in [0.2, 0.25) is 0 Å². The lowest BCUT2D eigenvalue weighted by Crippen LogP contribution is -2.22. The summed E-state index contributed by atoms with van der Waals surface area (Å²) in [6.07, 6.45) is 0. The van der Waals surface area contributed by atoms with Crippen molar-refractivity contribution < 1.29 is 9.47 Å². The molecular formula is C19H20N4O2S. The Morgan fingerprint density at radius 3 is 1.96 bits per heavy atom. The minimum Gasteiger partial charge on any atom is -0.497 e. The number of thiazole rings is 1. The summed E-state index contributed by atoms with van der Waals surface area (Å²) in [7, 11) is 3.30. The van der Waals surface area contributed by atoms with Gasteiger partial charge in [0.1, 0.15) is 16.5 Å². The molecule has 7 heteroatoms. The Hall–Kier alpha value is -3.06. The number of rotatable bonds is 6. The third-order valence-electron chi connectivity index (χ3n) is 3.78. The zero-order chi connectivity index (χ0) is 18.5. The van der Waals surface area contributed by atoms with Crippen molar-refractivity contribution in [1.82, 2.24) is 4.98 Å². The monoisotopic (exact) mass is 368 g/mol. The summed E-state index contributed by atoms with van der Waals surface area (Å²) in [5, 5.41) is 0.843. The maximum atomic E-state index is 5.45. The topological polar surface area (TPSA) is 95.8 Å². The van der Waals surface area contributed by atoms with Crippen LogP contribution in [-0.4, -0.2) is 25.2 Å². The summed E-state index contributed by atoms with van der Waals surface area (Å²) in [4.78, 5) is 9.88. The SMILES string of the molecule is COc1ccc(-c2nc(CN=C(N)N)sc2-c2ccc(OC)cc2)cc1. The van der Waals surface area contributed by atoms with E-state index in [0.29, 0.717) is 6.54 Å². The highest BCUT2D eigenvalue weighted by atomic mass is 32.1. The summed E-state index contributed by atoms with van der Waals surface area (Å²) >= 11 is 1.57. The molecule has 0 atom stereocenters. The number of hydrogen-bond donors (Lipinski definition) is 2. The Morgan fingerprint density at radius 1 is 0.923 bits per heavy atom. The van der Waals surface area contributed by atoms with Gasteiger partial charge in [0.25, 0.3) is 0 Å². The lowest BCUT2D eigenvalue weighted by atomic mass is 10.1. The van der Waals surface area contributed by atoms with Crippen molar-refractivity contribution in [3.8, 4) is 33.2 Å². The Labute approximate surface area is 156 Å². The second-order valence-corrected chi connectivity index (χ2v) is 6.57. The van der Waals surface area contributed by atoms with E-state index >= 15 is 0 Å². The number of nitrogens with two attached hydrogens (primary N) is 2. The Morgan fingerprint density at radius 2 is 1.46 bits per heavy atom. The molecule has 6 nitrogen and oxygen atoms in total. The van der Waals surface area contributed by atoms with Crippen LogP contribution in [0.4, 0.5) is 0 Å². The largest absolute Gasteiger partial charge is 0.497 e. The van der Waals surface area contributed by atoms with Crippen LogP contribution >= 0.6 is 11.3 Å². The van der Waals surface area contributed by atoms with E-state index in [9.17, 15) is 0 Å². The molecule has 3 aromatic rings. The van der Waals surface area contributed by atoms with Crippen LogP contribution in [0.5, 0.6) is 11.5 Å². The molecule has 1 aromatic heterocycles. The van der Waals surface area contributed by atoms with Crippen molar-refractivity contribution >= 4 is 17.3 Å². The zero-order valence-electron chi connectivity index (χ0n) is 14.6. The van der Waals surface area contributed by atoms with E-state index in [1.165, 1.54) is 0 Å². The third-order valence-corrected chi connectivity index (χ3v) is 4.87. The normalized spacial score (nSPS) is 10.4. The molecule has 26 heavy (non-hydrogen) atoms. The molecule has 0 saturated heterocycles. The van der Waals surface area contributed by atoms with Gasteiger partial charge in [-0.1, -0.05) is 0 Å². The number of hydrogen-bond acceptors (Lipinski definition) is 5. The standard InChI is InChI=1S/C19H20N4O2S/c1-24-14-7-3-12(4-8-14)17-18(13-5-9-15(25-2)10-6-13)26-16(23-17)11-22-19(20)21/h3-10H,11H2,1-2H3,(H4,20,21,22). The first-order valence-electron chi connectivity index (χ1n) is 7.94. The van der Waals surface area contributed by atoms with Gasteiger partial charge in [-0.15, -0.1) is 11.3 Å². The highest BCUT2D eigenvalue weighted by Gasteiger charge is 2.15. The highest BCUT2D eigenvalue weighted by Crippen LogP contribution is 2.38. The average molecular weight is 368 g/mol. The van der Waals surface area contributed by atoms with Crippen LogP contribution in [0, 0.1) is 0 Å². The first-order valence-corrected chi connectivity index (χ1v) is 8.76. The van der Waals surface area contributed by atoms with Crippen molar-refractivity contribution in [3.05, 3.63) is 53.5 Å². The molecule has 0 bridgehead atoms. The molecule has 0 aliphatic carbocycles. The third kappa shape index (κ3) is 3.94. The van der Waals surface area contributed by atoms with E-state index in [4.69, 9.17) is 25.9 Å². The number of aromatic nitrogens is 1. The van der Waals surface area contributed by atoms with Gasteiger partial charge >= 0.3 is 0 Å². The van der Waals surface area contributed by atoms with Crippen LogP contribution in [0.2, 0.25) is 0 Å². The molecule has 1 heterocycles. The molecule has 0 aliphatic heterocycles. The van der Waals surface area contributed by atoms with Crippen LogP contribution in [0.25, 0.3) is 21.7 Å². The Bertz CT molecular complexity index is 833. The fourth-order valence-corrected chi connectivity index (χ4v) is 3.49. The molecule has 0 amide bonds. The van der Waals surface area contributed by atoms with E-state index in [-0.39, 0.29) is 5.96 Å². The van der Waals surface area contributed by atoms with E-state index in [1.54, 1.807) is 25.6 Å². The predicted molar refractivity (Wildman–Crippen MR) is 106 cm³/mol. The van der Waals surface area contributed by atoms with E-state index in [1.807, 2.05) is 48.5 Å². The molecule has 0 unspecified atom stereocenters. The van der Waals surface area contributed by atoms with Crippen molar-refractivity contribution in [2.75, 3.05) is 14.2 Å². The van der Waals surface area contributed by atoms with Crippen LogP contribution < -0.4 is 20.9 Å². The number of methoxy groups -OCH3 is 2. The van der Waals surface area contributed by atoms with Crippen LogP contribution in [0.3, 0.4) is 0 Å². The molecule has 0 radical (unpaired) electrons. The van der Waals surface area contributed by atoms with Crippen molar-refractivity contribution in [2.45, 2.75) is 6.54 Å². The fourth-order valence-electron chi connectivity index (χ4n) is 2.47. The number of benzene rings is 2. The van der Waals surface area contributed by atoms with Crippen molar-refractivity contribution in [1.29, 1.82) is 0 Å². The predicted octanol–water partition coefficient (Wildman–Crippen LogP) is 3.27. The molecule has 2 aromatic carbocycles. The summed E-state index contributed by atoms with van der Waals surface area (Å²) < 4.78 is 10.5. The Kier molecular flexibility index (Phi) is 5.38. The summed E-state index contributed by atoms with van der Waals surface area (Å²) in [6.45, 7) is 0.353. The smallest absolute Gasteiger partial charge is 0.186 e. The lowest BCUT2D eigenvalue weighted by Gasteiger charge is -2.05. The number of nitrogens with zero attached hydrogens (tertiary/aromatic N) is 2. The minimum atomic E-state index is 0.0530. The highest BCUT2D eigenvalue weighted by molar-refractivity contribution is 7.15.